The Morgan fingerprint density at radius 2 is 1.61 bits per heavy atom. The molecule has 2 aromatic rings. The van der Waals surface area contributed by atoms with Crippen LogP contribution in [0.25, 0.3) is 16.2 Å². The van der Waals surface area contributed by atoms with E-state index >= 15 is 0 Å². The number of rotatable bonds is 12. The van der Waals surface area contributed by atoms with Gasteiger partial charge in [-0.2, -0.15) is 0 Å². The zero-order valence-electron chi connectivity index (χ0n) is 19.1. The van der Waals surface area contributed by atoms with Gasteiger partial charge >= 0.3 is 0 Å². The van der Waals surface area contributed by atoms with E-state index in [0.29, 0.717) is 5.92 Å². The molecule has 156 valence electrons. The molecular formula is C27H42S. The molecule has 0 aliphatic heterocycles. The molecule has 0 amide bonds. The van der Waals surface area contributed by atoms with Gasteiger partial charge in [0.1, 0.15) is 0 Å². The van der Waals surface area contributed by atoms with E-state index in [2.05, 4.69) is 78.0 Å². The Kier molecular flexibility index (Phi) is 9.79. The molecular weight excluding hydrogens is 356 g/mol. The summed E-state index contributed by atoms with van der Waals surface area (Å²) in [5.41, 5.74) is 1.35. The highest BCUT2D eigenvalue weighted by Crippen LogP contribution is 2.29. The van der Waals surface area contributed by atoms with Gasteiger partial charge in [-0.05, 0) is 66.0 Å². The summed E-state index contributed by atoms with van der Waals surface area (Å²) in [5.74, 6) is 3.22. The fraction of sp³-hybridized carbons (Fsp3) is 0.630. The summed E-state index contributed by atoms with van der Waals surface area (Å²) >= 11 is 1.96. The van der Waals surface area contributed by atoms with E-state index in [-0.39, 0.29) is 0 Å². The highest BCUT2D eigenvalue weighted by molar-refractivity contribution is 7.19. The van der Waals surface area contributed by atoms with E-state index in [4.69, 9.17) is 0 Å². The number of fused-ring (bicyclic) bond motifs is 1. The van der Waals surface area contributed by atoms with E-state index in [1.54, 1.807) is 0 Å². The number of thiophene rings is 1. The molecule has 0 radical (unpaired) electrons. The molecule has 28 heavy (non-hydrogen) atoms. The highest BCUT2D eigenvalue weighted by atomic mass is 32.1. The number of allylic oxidation sites excluding steroid dienone is 1. The standard InChI is InChI=1S/C27H42S/c1-7-9-26-19-25-17-16-24(18-27(25)28-26)15-12-21(4)11-14-23(6)22(5)13-10-20(3)8-2/h12,15-23H,7-11,13-14H2,1-6H3/b15-12+. The summed E-state index contributed by atoms with van der Waals surface area (Å²) < 4.78 is 1.43. The second-order valence-electron chi connectivity index (χ2n) is 9.22. The molecule has 0 saturated carbocycles. The third-order valence-electron chi connectivity index (χ3n) is 6.57. The lowest BCUT2D eigenvalue weighted by Gasteiger charge is -2.22. The van der Waals surface area contributed by atoms with Crippen molar-refractivity contribution < 1.29 is 0 Å². The average Bonchev–Trinajstić information content (AvgIpc) is 3.10. The predicted octanol–water partition coefficient (Wildman–Crippen LogP) is 9.38. The SMILES string of the molecule is CCCc1cc2ccc(/C=C/C(C)CCC(C)C(C)CCC(C)CC)cc2s1. The van der Waals surface area contributed by atoms with Gasteiger partial charge in [0.2, 0.25) is 0 Å². The van der Waals surface area contributed by atoms with E-state index in [1.807, 2.05) is 11.3 Å². The normalized spacial score (nSPS) is 16.5. The molecule has 0 aliphatic rings. The van der Waals surface area contributed by atoms with Crippen LogP contribution in [0.1, 0.15) is 90.5 Å². The molecule has 2 rings (SSSR count). The molecule has 0 fully saturated rings. The number of aryl methyl sites for hydroxylation is 1. The lowest BCUT2D eigenvalue weighted by molar-refractivity contribution is 0.302. The van der Waals surface area contributed by atoms with Crippen LogP contribution in [-0.4, -0.2) is 0 Å². The van der Waals surface area contributed by atoms with Gasteiger partial charge in [-0.25, -0.2) is 0 Å². The van der Waals surface area contributed by atoms with Gasteiger partial charge in [0.15, 0.2) is 0 Å². The maximum Gasteiger partial charge on any atom is 0.0351 e. The van der Waals surface area contributed by atoms with Crippen molar-refractivity contribution in [1.82, 2.24) is 0 Å². The van der Waals surface area contributed by atoms with Crippen LogP contribution in [0, 0.1) is 23.7 Å². The molecule has 4 atom stereocenters. The van der Waals surface area contributed by atoms with Crippen LogP contribution in [0.4, 0.5) is 0 Å². The Balaban J connectivity index is 1.82. The van der Waals surface area contributed by atoms with Gasteiger partial charge in [-0.3, -0.25) is 0 Å². The maximum atomic E-state index is 2.45. The molecule has 0 spiro atoms. The highest BCUT2D eigenvalue weighted by Gasteiger charge is 2.14. The van der Waals surface area contributed by atoms with Crippen molar-refractivity contribution in [2.24, 2.45) is 23.7 Å². The molecule has 1 heterocycles. The van der Waals surface area contributed by atoms with Gasteiger partial charge in [-0.15, -0.1) is 11.3 Å². The third-order valence-corrected chi connectivity index (χ3v) is 7.73. The molecule has 0 saturated heterocycles. The molecule has 0 N–H and O–H groups in total. The van der Waals surface area contributed by atoms with Crippen molar-refractivity contribution in [1.29, 1.82) is 0 Å². The first-order valence-corrected chi connectivity index (χ1v) is 12.4. The van der Waals surface area contributed by atoms with Crippen LogP contribution in [0.2, 0.25) is 0 Å². The fourth-order valence-electron chi connectivity index (χ4n) is 3.79. The Labute approximate surface area is 178 Å². The lowest BCUT2D eigenvalue weighted by Crippen LogP contribution is -2.10. The molecule has 1 heteroatoms. The minimum atomic E-state index is 0.652. The largest absolute Gasteiger partial charge is 0.140 e. The van der Waals surface area contributed by atoms with E-state index < -0.39 is 0 Å². The van der Waals surface area contributed by atoms with Gasteiger partial charge in [0, 0.05) is 9.58 Å². The van der Waals surface area contributed by atoms with Crippen molar-refractivity contribution in [3.63, 3.8) is 0 Å². The first kappa shape index (κ1) is 23.2. The first-order valence-electron chi connectivity index (χ1n) is 11.6. The number of hydrogen-bond donors (Lipinski definition) is 0. The smallest absolute Gasteiger partial charge is 0.0351 e. The molecule has 4 unspecified atom stereocenters. The van der Waals surface area contributed by atoms with Crippen LogP contribution < -0.4 is 0 Å². The third kappa shape index (κ3) is 7.39. The van der Waals surface area contributed by atoms with Crippen LogP contribution in [0.5, 0.6) is 0 Å². The summed E-state index contributed by atoms with van der Waals surface area (Å²) in [4.78, 5) is 1.52. The Morgan fingerprint density at radius 3 is 2.29 bits per heavy atom. The number of hydrogen-bond acceptors (Lipinski definition) is 1. The van der Waals surface area contributed by atoms with Crippen molar-refractivity contribution in [3.8, 4) is 0 Å². The van der Waals surface area contributed by atoms with Gasteiger partial charge in [-0.1, -0.05) is 91.5 Å². The summed E-state index contributed by atoms with van der Waals surface area (Å²) in [5, 5.41) is 1.40. The van der Waals surface area contributed by atoms with Gasteiger partial charge in [0.05, 0.1) is 0 Å². The first-order chi connectivity index (χ1) is 13.4. The summed E-state index contributed by atoms with van der Waals surface area (Å²) in [6, 6.07) is 9.29. The summed E-state index contributed by atoms with van der Waals surface area (Å²) in [6.07, 6.45) is 13.9. The quantitative estimate of drug-likeness (QED) is 0.334. The van der Waals surface area contributed by atoms with Crippen molar-refractivity contribution >= 4 is 27.5 Å². The fourth-order valence-corrected chi connectivity index (χ4v) is 5.01. The summed E-state index contributed by atoms with van der Waals surface area (Å²) in [6.45, 7) is 14.2. The summed E-state index contributed by atoms with van der Waals surface area (Å²) in [7, 11) is 0. The number of benzene rings is 1. The maximum absolute atomic E-state index is 2.45. The minimum absolute atomic E-state index is 0.652. The molecule has 1 aromatic heterocycles. The van der Waals surface area contributed by atoms with E-state index in [0.717, 1.165) is 17.8 Å². The van der Waals surface area contributed by atoms with Crippen molar-refractivity contribution in [3.05, 3.63) is 40.8 Å². The second kappa shape index (κ2) is 11.8. The van der Waals surface area contributed by atoms with Crippen LogP contribution in [0.3, 0.4) is 0 Å². The van der Waals surface area contributed by atoms with E-state index in [1.165, 1.54) is 65.5 Å². The topological polar surface area (TPSA) is 0 Å². The molecule has 1 aromatic carbocycles. The Bertz CT molecular complexity index is 723. The van der Waals surface area contributed by atoms with Gasteiger partial charge in [0.25, 0.3) is 0 Å². The monoisotopic (exact) mass is 398 g/mol. The average molecular weight is 399 g/mol. The van der Waals surface area contributed by atoms with Crippen LogP contribution >= 0.6 is 11.3 Å². The Hall–Kier alpha value is -1.08. The van der Waals surface area contributed by atoms with Crippen LogP contribution in [0.15, 0.2) is 30.3 Å². The zero-order valence-corrected chi connectivity index (χ0v) is 19.9. The van der Waals surface area contributed by atoms with Crippen molar-refractivity contribution in [2.45, 2.75) is 86.5 Å². The van der Waals surface area contributed by atoms with Gasteiger partial charge < -0.3 is 0 Å². The molecule has 0 nitrogen and oxygen atoms in total. The zero-order chi connectivity index (χ0) is 20.5. The lowest BCUT2D eigenvalue weighted by atomic mass is 9.84. The molecule has 0 aliphatic carbocycles. The minimum Gasteiger partial charge on any atom is -0.140 e. The van der Waals surface area contributed by atoms with Crippen LogP contribution in [-0.2, 0) is 6.42 Å². The van der Waals surface area contributed by atoms with E-state index in [9.17, 15) is 0 Å². The second-order valence-corrected chi connectivity index (χ2v) is 10.4. The predicted molar refractivity (Wildman–Crippen MR) is 130 cm³/mol. The van der Waals surface area contributed by atoms with Crippen molar-refractivity contribution in [2.75, 3.05) is 0 Å². The molecule has 0 bridgehead atoms. The Morgan fingerprint density at radius 1 is 0.893 bits per heavy atom.